The van der Waals surface area contributed by atoms with Crippen molar-refractivity contribution in [2.75, 3.05) is 32.5 Å². The van der Waals surface area contributed by atoms with Gasteiger partial charge in [0, 0.05) is 25.0 Å². The van der Waals surface area contributed by atoms with E-state index in [4.69, 9.17) is 0 Å². The number of rotatable bonds is 8. The lowest BCUT2D eigenvalue weighted by Crippen LogP contribution is -2.32. The summed E-state index contributed by atoms with van der Waals surface area (Å²) in [6, 6.07) is 0.159. The molecule has 112 valence electrons. The Hall–Kier alpha value is -1.69. The monoisotopic (exact) mass is 279 g/mol. The highest BCUT2D eigenvalue weighted by Gasteiger charge is 2.09. The Labute approximate surface area is 121 Å². The van der Waals surface area contributed by atoms with Crippen LogP contribution in [0, 0.1) is 0 Å². The first kappa shape index (κ1) is 16.4. The van der Waals surface area contributed by atoms with Crippen LogP contribution in [-0.2, 0) is 0 Å². The molecule has 2 N–H and O–H groups in total. The Morgan fingerprint density at radius 2 is 2.00 bits per heavy atom. The van der Waals surface area contributed by atoms with E-state index in [1.54, 1.807) is 12.4 Å². The molecule has 20 heavy (non-hydrogen) atoms. The number of hydrogen-bond donors (Lipinski definition) is 2. The Morgan fingerprint density at radius 1 is 1.35 bits per heavy atom. The van der Waals surface area contributed by atoms with E-state index in [2.05, 4.69) is 25.5 Å². The number of nitrogens with zero attached hydrogens (tertiary/aromatic N) is 3. The molecule has 0 fully saturated rings. The minimum atomic E-state index is -0.126. The maximum atomic E-state index is 11.8. The second kappa shape index (κ2) is 8.47. The predicted molar refractivity (Wildman–Crippen MR) is 80.9 cm³/mol. The van der Waals surface area contributed by atoms with E-state index in [1.165, 1.54) is 0 Å². The molecule has 1 atom stereocenters. The lowest BCUT2D eigenvalue weighted by atomic mass is 10.2. The van der Waals surface area contributed by atoms with Gasteiger partial charge in [0.2, 0.25) is 5.95 Å². The number of aromatic nitrogens is 2. The largest absolute Gasteiger partial charge is 0.354 e. The van der Waals surface area contributed by atoms with Gasteiger partial charge in [-0.25, -0.2) is 9.97 Å². The second-order valence-electron chi connectivity index (χ2n) is 5.16. The molecule has 0 aromatic carbocycles. The SMILES string of the molecule is CCC(C)NC(=O)c1cnc(NCCCN(C)C)nc1. The standard InChI is InChI=1S/C14H25N5O/c1-5-11(2)18-13(20)12-9-16-14(17-10-12)15-7-6-8-19(3)4/h9-11H,5-8H2,1-4H3,(H,18,20)(H,15,16,17). The first-order valence-corrected chi connectivity index (χ1v) is 7.04. The van der Waals surface area contributed by atoms with Gasteiger partial charge in [0.15, 0.2) is 0 Å². The molecule has 0 spiro atoms. The Morgan fingerprint density at radius 3 is 2.55 bits per heavy atom. The zero-order chi connectivity index (χ0) is 15.0. The summed E-state index contributed by atoms with van der Waals surface area (Å²) in [5.41, 5.74) is 0.490. The van der Waals surface area contributed by atoms with Crippen LogP contribution in [0.3, 0.4) is 0 Å². The maximum Gasteiger partial charge on any atom is 0.254 e. The van der Waals surface area contributed by atoms with Crippen LogP contribution in [0.15, 0.2) is 12.4 Å². The predicted octanol–water partition coefficient (Wildman–Crippen LogP) is 1.37. The van der Waals surface area contributed by atoms with Crippen LogP contribution < -0.4 is 10.6 Å². The smallest absolute Gasteiger partial charge is 0.254 e. The van der Waals surface area contributed by atoms with Crippen LogP contribution >= 0.6 is 0 Å². The highest BCUT2D eigenvalue weighted by atomic mass is 16.1. The van der Waals surface area contributed by atoms with Crippen LogP contribution in [0.5, 0.6) is 0 Å². The Bertz CT molecular complexity index is 405. The zero-order valence-corrected chi connectivity index (χ0v) is 12.8. The molecule has 0 aliphatic carbocycles. The van der Waals surface area contributed by atoms with Crippen molar-refractivity contribution in [3.05, 3.63) is 18.0 Å². The topological polar surface area (TPSA) is 70.2 Å². The first-order chi connectivity index (χ1) is 9.52. The molecular weight excluding hydrogens is 254 g/mol. The van der Waals surface area contributed by atoms with Gasteiger partial charge in [0.1, 0.15) is 0 Å². The van der Waals surface area contributed by atoms with E-state index in [0.29, 0.717) is 11.5 Å². The van der Waals surface area contributed by atoms with Crippen LogP contribution in [0.4, 0.5) is 5.95 Å². The van der Waals surface area contributed by atoms with Crippen molar-refractivity contribution in [1.29, 1.82) is 0 Å². The average Bonchev–Trinajstić information content (AvgIpc) is 2.43. The fourth-order valence-electron chi connectivity index (χ4n) is 1.54. The van der Waals surface area contributed by atoms with Gasteiger partial charge in [-0.3, -0.25) is 4.79 Å². The average molecular weight is 279 g/mol. The molecule has 1 unspecified atom stereocenters. The molecule has 0 saturated heterocycles. The summed E-state index contributed by atoms with van der Waals surface area (Å²) >= 11 is 0. The van der Waals surface area contributed by atoms with Crippen molar-refractivity contribution in [1.82, 2.24) is 20.2 Å². The van der Waals surface area contributed by atoms with Crippen LogP contribution in [-0.4, -0.2) is 54.0 Å². The van der Waals surface area contributed by atoms with Gasteiger partial charge < -0.3 is 15.5 Å². The Kier molecular flexibility index (Phi) is 6.93. The van der Waals surface area contributed by atoms with Crippen LogP contribution in [0.1, 0.15) is 37.0 Å². The van der Waals surface area contributed by atoms with E-state index in [1.807, 2.05) is 27.9 Å². The van der Waals surface area contributed by atoms with Crippen molar-refractivity contribution in [2.45, 2.75) is 32.7 Å². The lowest BCUT2D eigenvalue weighted by molar-refractivity contribution is 0.0938. The minimum absolute atomic E-state index is 0.126. The summed E-state index contributed by atoms with van der Waals surface area (Å²) in [4.78, 5) is 22.3. The van der Waals surface area contributed by atoms with Gasteiger partial charge in [-0.2, -0.15) is 0 Å². The van der Waals surface area contributed by atoms with Crippen LogP contribution in [0.2, 0.25) is 0 Å². The molecule has 1 rings (SSSR count). The van der Waals surface area contributed by atoms with E-state index >= 15 is 0 Å². The molecule has 6 heteroatoms. The number of amides is 1. The summed E-state index contributed by atoms with van der Waals surface area (Å²) in [6.07, 6.45) is 5.03. The van der Waals surface area contributed by atoms with E-state index < -0.39 is 0 Å². The maximum absolute atomic E-state index is 11.8. The lowest BCUT2D eigenvalue weighted by Gasteiger charge is -2.11. The van der Waals surface area contributed by atoms with Crippen molar-refractivity contribution in [3.8, 4) is 0 Å². The van der Waals surface area contributed by atoms with Crippen molar-refractivity contribution in [2.24, 2.45) is 0 Å². The van der Waals surface area contributed by atoms with Gasteiger partial charge in [0.25, 0.3) is 5.91 Å². The third-order valence-corrected chi connectivity index (χ3v) is 2.97. The van der Waals surface area contributed by atoms with E-state index in [9.17, 15) is 4.79 Å². The van der Waals surface area contributed by atoms with Crippen molar-refractivity contribution >= 4 is 11.9 Å². The normalized spacial score (nSPS) is 12.2. The number of nitrogens with one attached hydrogen (secondary N) is 2. The van der Waals surface area contributed by atoms with E-state index in [-0.39, 0.29) is 11.9 Å². The fourth-order valence-corrected chi connectivity index (χ4v) is 1.54. The van der Waals surface area contributed by atoms with Gasteiger partial charge in [-0.1, -0.05) is 6.92 Å². The molecular formula is C14H25N5O. The molecule has 1 heterocycles. The summed E-state index contributed by atoms with van der Waals surface area (Å²) < 4.78 is 0. The molecule has 0 saturated carbocycles. The van der Waals surface area contributed by atoms with Gasteiger partial charge in [-0.05, 0) is 40.4 Å². The molecule has 6 nitrogen and oxygen atoms in total. The molecule has 0 aliphatic heterocycles. The Balaban J connectivity index is 2.41. The summed E-state index contributed by atoms with van der Waals surface area (Å²) in [5.74, 6) is 0.433. The van der Waals surface area contributed by atoms with Crippen LogP contribution in [0.25, 0.3) is 0 Å². The van der Waals surface area contributed by atoms with E-state index in [0.717, 1.165) is 25.9 Å². The van der Waals surface area contributed by atoms with Crippen molar-refractivity contribution < 1.29 is 4.79 Å². The molecule has 0 bridgehead atoms. The third-order valence-electron chi connectivity index (χ3n) is 2.97. The third kappa shape index (κ3) is 5.97. The zero-order valence-electron chi connectivity index (χ0n) is 12.8. The number of carbonyl (C=O) groups excluding carboxylic acids is 1. The van der Waals surface area contributed by atoms with Gasteiger partial charge in [-0.15, -0.1) is 0 Å². The summed E-state index contributed by atoms with van der Waals surface area (Å²) in [5, 5.41) is 6.02. The van der Waals surface area contributed by atoms with Gasteiger partial charge in [0.05, 0.1) is 5.56 Å². The molecule has 0 radical (unpaired) electrons. The minimum Gasteiger partial charge on any atom is -0.354 e. The number of carbonyl (C=O) groups is 1. The fraction of sp³-hybridized carbons (Fsp3) is 0.643. The summed E-state index contributed by atoms with van der Waals surface area (Å²) in [7, 11) is 4.09. The molecule has 1 amide bonds. The quantitative estimate of drug-likeness (QED) is 0.703. The molecule has 0 aliphatic rings. The number of anilines is 1. The first-order valence-electron chi connectivity index (χ1n) is 7.04. The van der Waals surface area contributed by atoms with Crippen molar-refractivity contribution in [3.63, 3.8) is 0 Å². The molecule has 1 aromatic rings. The highest BCUT2D eigenvalue weighted by Crippen LogP contribution is 2.01. The van der Waals surface area contributed by atoms with Gasteiger partial charge >= 0.3 is 0 Å². The second-order valence-corrected chi connectivity index (χ2v) is 5.16. The summed E-state index contributed by atoms with van der Waals surface area (Å²) in [6.45, 7) is 5.83. The highest BCUT2D eigenvalue weighted by molar-refractivity contribution is 5.93. The number of hydrogen-bond acceptors (Lipinski definition) is 5. The molecule has 1 aromatic heterocycles.